The molecule has 4 heterocycles. The molecule has 2 aliphatic heterocycles. The fraction of sp³-hybridized carbons (Fsp3) is 0.414. The first kappa shape index (κ1) is 26.0. The molecule has 4 aromatic rings. The summed E-state index contributed by atoms with van der Waals surface area (Å²) in [6.07, 6.45) is 6.09. The van der Waals surface area contributed by atoms with Crippen LogP contribution in [0.2, 0.25) is 5.02 Å². The molecule has 0 atom stereocenters. The number of nitrogens with zero attached hydrogens (tertiary/aromatic N) is 6. The zero-order chi connectivity index (χ0) is 26.9. The van der Waals surface area contributed by atoms with E-state index in [1.807, 2.05) is 24.3 Å². The molecule has 204 valence electrons. The summed E-state index contributed by atoms with van der Waals surface area (Å²) in [6.45, 7) is 4.79. The van der Waals surface area contributed by atoms with Crippen molar-refractivity contribution in [2.24, 2.45) is 0 Å². The lowest BCUT2D eigenvalue weighted by atomic mass is 9.98. The van der Waals surface area contributed by atoms with E-state index >= 15 is 0 Å². The smallest absolute Gasteiger partial charge is 0.164 e. The second-order valence-corrected chi connectivity index (χ2v) is 11.1. The highest BCUT2D eigenvalue weighted by Gasteiger charge is 2.30. The number of benzene rings is 2. The zero-order valence-electron chi connectivity index (χ0n) is 22.2. The lowest BCUT2D eigenvalue weighted by molar-refractivity contribution is 0.0859. The van der Waals surface area contributed by atoms with E-state index in [0.717, 1.165) is 53.9 Å². The zero-order valence-corrected chi connectivity index (χ0v) is 22.9. The largest absolute Gasteiger partial charge is 0.383 e. The van der Waals surface area contributed by atoms with Gasteiger partial charge in [0.1, 0.15) is 23.7 Å². The molecule has 0 bridgehead atoms. The maximum absolute atomic E-state index is 14.1. The first-order valence-electron chi connectivity index (χ1n) is 13.7. The van der Waals surface area contributed by atoms with Crippen molar-refractivity contribution in [3.8, 4) is 11.3 Å². The fourth-order valence-electron chi connectivity index (χ4n) is 5.95. The fourth-order valence-corrected chi connectivity index (χ4v) is 6.18. The van der Waals surface area contributed by atoms with Crippen LogP contribution in [0.3, 0.4) is 0 Å². The number of rotatable bonds is 6. The summed E-state index contributed by atoms with van der Waals surface area (Å²) in [5.41, 5.74) is 10.2. The Labute approximate surface area is 233 Å². The number of halogens is 2. The van der Waals surface area contributed by atoms with Crippen LogP contribution in [0.5, 0.6) is 0 Å². The average Bonchev–Trinajstić information content (AvgIpc) is 3.35. The maximum Gasteiger partial charge on any atom is 0.164 e. The van der Waals surface area contributed by atoms with Crippen LogP contribution in [0, 0.1) is 5.82 Å². The molecule has 2 aromatic heterocycles. The van der Waals surface area contributed by atoms with Gasteiger partial charge in [0.2, 0.25) is 0 Å². The first-order valence-corrected chi connectivity index (χ1v) is 14.0. The van der Waals surface area contributed by atoms with Crippen molar-refractivity contribution in [2.45, 2.75) is 44.3 Å². The van der Waals surface area contributed by atoms with Crippen LogP contribution in [0.25, 0.3) is 22.3 Å². The van der Waals surface area contributed by atoms with Gasteiger partial charge >= 0.3 is 0 Å². The van der Waals surface area contributed by atoms with Gasteiger partial charge in [-0.2, -0.15) is 5.10 Å². The molecule has 2 aliphatic rings. The normalized spacial score (nSPS) is 18.1. The van der Waals surface area contributed by atoms with Gasteiger partial charge in [-0.3, -0.25) is 0 Å². The molecule has 39 heavy (non-hydrogen) atoms. The van der Waals surface area contributed by atoms with Crippen LogP contribution in [0.1, 0.15) is 37.3 Å². The second kappa shape index (κ2) is 11.1. The molecule has 0 amide bonds. The Kier molecular flexibility index (Phi) is 7.38. The molecule has 0 saturated carbocycles. The Morgan fingerprint density at radius 3 is 2.41 bits per heavy atom. The Hall–Kier alpha value is -3.27. The Balaban J connectivity index is 1.20. The average molecular weight is 549 g/mol. The number of nitrogen functional groups attached to an aromatic ring is 1. The minimum atomic E-state index is -0.323. The minimum absolute atomic E-state index is 0.268. The highest BCUT2D eigenvalue weighted by atomic mass is 35.5. The highest BCUT2D eigenvalue weighted by Crippen LogP contribution is 2.35. The molecular weight excluding hydrogens is 515 g/mol. The van der Waals surface area contributed by atoms with E-state index in [2.05, 4.69) is 36.8 Å². The number of anilines is 2. The number of likely N-dealkylation sites (tertiary alicyclic amines) is 2. The Morgan fingerprint density at radius 2 is 1.69 bits per heavy atom. The maximum atomic E-state index is 14.1. The van der Waals surface area contributed by atoms with Gasteiger partial charge in [0.05, 0.1) is 11.4 Å². The van der Waals surface area contributed by atoms with Crippen LogP contribution in [-0.4, -0.2) is 68.8 Å². The van der Waals surface area contributed by atoms with Gasteiger partial charge in [0, 0.05) is 47.5 Å². The van der Waals surface area contributed by atoms with Crippen molar-refractivity contribution in [3.63, 3.8) is 0 Å². The standard InChI is InChI=1S/C29H34ClFN8/c1-37-13-9-21(10-14-37)38-15-11-22(12-16-38)39-29-26(28(32)34-18-35-29)27(36-39)19-5-7-20(8-6-19)33-17-23-24(30)3-2-4-25(23)31/h2-8,18,21-22,33H,9-17H2,1H3,(H2,32,34,35). The van der Waals surface area contributed by atoms with E-state index in [4.69, 9.17) is 22.4 Å². The van der Waals surface area contributed by atoms with E-state index in [1.165, 1.54) is 38.3 Å². The molecule has 0 radical (unpaired) electrons. The van der Waals surface area contributed by atoms with Crippen LogP contribution in [0.4, 0.5) is 15.9 Å². The number of hydrogen-bond acceptors (Lipinski definition) is 7. The summed E-state index contributed by atoms with van der Waals surface area (Å²) in [7, 11) is 2.21. The molecule has 0 aliphatic carbocycles. The molecule has 2 fully saturated rings. The molecule has 0 spiro atoms. The lowest BCUT2D eigenvalue weighted by Crippen LogP contribution is -2.47. The Morgan fingerprint density at radius 1 is 0.974 bits per heavy atom. The highest BCUT2D eigenvalue weighted by molar-refractivity contribution is 6.31. The van der Waals surface area contributed by atoms with Crippen molar-refractivity contribution in [1.29, 1.82) is 0 Å². The molecule has 2 saturated heterocycles. The minimum Gasteiger partial charge on any atom is -0.383 e. The molecule has 8 nitrogen and oxygen atoms in total. The summed E-state index contributed by atoms with van der Waals surface area (Å²) in [5, 5.41) is 9.51. The molecule has 6 rings (SSSR count). The molecule has 2 aromatic carbocycles. The van der Waals surface area contributed by atoms with Gasteiger partial charge in [-0.25, -0.2) is 19.0 Å². The summed E-state index contributed by atoms with van der Waals surface area (Å²) in [5.74, 6) is 0.109. The summed E-state index contributed by atoms with van der Waals surface area (Å²) >= 11 is 6.17. The van der Waals surface area contributed by atoms with Crippen molar-refractivity contribution in [1.82, 2.24) is 29.5 Å². The van der Waals surface area contributed by atoms with Crippen LogP contribution in [-0.2, 0) is 6.54 Å². The van der Waals surface area contributed by atoms with Gasteiger partial charge in [0.25, 0.3) is 0 Å². The molecule has 3 N–H and O–H groups in total. The number of aromatic nitrogens is 4. The number of piperidine rings is 2. The van der Waals surface area contributed by atoms with E-state index in [9.17, 15) is 4.39 Å². The van der Waals surface area contributed by atoms with E-state index in [0.29, 0.717) is 29.0 Å². The first-order chi connectivity index (χ1) is 19.0. The lowest BCUT2D eigenvalue weighted by Gasteiger charge is -2.41. The van der Waals surface area contributed by atoms with Crippen molar-refractivity contribution < 1.29 is 4.39 Å². The van der Waals surface area contributed by atoms with Crippen LogP contribution < -0.4 is 11.1 Å². The predicted molar refractivity (Wildman–Crippen MR) is 154 cm³/mol. The van der Waals surface area contributed by atoms with E-state index in [-0.39, 0.29) is 11.9 Å². The predicted octanol–water partition coefficient (Wildman–Crippen LogP) is 5.21. The molecule has 0 unspecified atom stereocenters. The molecule has 10 heteroatoms. The third kappa shape index (κ3) is 5.31. The quantitative estimate of drug-likeness (QED) is 0.342. The monoisotopic (exact) mass is 548 g/mol. The van der Waals surface area contributed by atoms with Gasteiger partial charge in [-0.1, -0.05) is 29.8 Å². The summed E-state index contributed by atoms with van der Waals surface area (Å²) in [6, 6.07) is 13.6. The van der Waals surface area contributed by atoms with Gasteiger partial charge < -0.3 is 20.9 Å². The van der Waals surface area contributed by atoms with Crippen molar-refractivity contribution in [3.05, 3.63) is 65.2 Å². The van der Waals surface area contributed by atoms with Gasteiger partial charge in [-0.05, 0) is 70.1 Å². The number of hydrogen-bond donors (Lipinski definition) is 2. The Bertz CT molecular complexity index is 1420. The van der Waals surface area contributed by atoms with Gasteiger partial charge in [-0.15, -0.1) is 0 Å². The topological polar surface area (TPSA) is 88.1 Å². The SMILES string of the molecule is CN1CCC(N2CCC(n3nc(-c4ccc(NCc5c(F)cccc5Cl)cc4)c4c(N)ncnc43)CC2)CC1. The number of fused-ring (bicyclic) bond motifs is 1. The third-order valence-electron chi connectivity index (χ3n) is 8.26. The summed E-state index contributed by atoms with van der Waals surface area (Å²) < 4.78 is 16.2. The second-order valence-electron chi connectivity index (χ2n) is 10.7. The number of nitrogens with two attached hydrogens (primary N) is 1. The van der Waals surface area contributed by atoms with Crippen LogP contribution in [0.15, 0.2) is 48.8 Å². The number of nitrogens with one attached hydrogen (secondary N) is 1. The van der Waals surface area contributed by atoms with E-state index < -0.39 is 0 Å². The van der Waals surface area contributed by atoms with Crippen molar-refractivity contribution >= 4 is 34.1 Å². The molecular formula is C29H34ClFN8. The third-order valence-corrected chi connectivity index (χ3v) is 8.61. The van der Waals surface area contributed by atoms with Crippen molar-refractivity contribution in [2.75, 3.05) is 44.3 Å². The van der Waals surface area contributed by atoms with Crippen LogP contribution >= 0.6 is 11.6 Å². The van der Waals surface area contributed by atoms with E-state index in [1.54, 1.807) is 12.1 Å². The van der Waals surface area contributed by atoms with Gasteiger partial charge in [0.15, 0.2) is 5.65 Å². The summed E-state index contributed by atoms with van der Waals surface area (Å²) in [4.78, 5) is 14.0.